The Morgan fingerprint density at radius 2 is 2.18 bits per heavy atom. The molecule has 1 aromatic carbocycles. The summed E-state index contributed by atoms with van der Waals surface area (Å²) in [5.74, 6) is 1.25. The number of carbonyl (C=O) groups is 1. The summed E-state index contributed by atoms with van der Waals surface area (Å²) in [6.07, 6.45) is 1.03. The highest BCUT2D eigenvalue weighted by molar-refractivity contribution is 6.18. The first-order valence-electron chi connectivity index (χ1n) is 6.04. The van der Waals surface area contributed by atoms with Crippen molar-refractivity contribution in [2.24, 2.45) is 5.92 Å². The zero-order chi connectivity index (χ0) is 12.4. The van der Waals surface area contributed by atoms with Crippen LogP contribution in [0.3, 0.4) is 0 Å². The van der Waals surface area contributed by atoms with Crippen LogP contribution >= 0.6 is 11.6 Å². The number of likely N-dealkylation sites (tertiary alicyclic amines) is 1. The molecule has 1 fully saturated rings. The molecule has 1 aliphatic heterocycles. The zero-order valence-electron chi connectivity index (χ0n) is 10.4. The Balaban J connectivity index is 2.12. The lowest BCUT2D eigenvalue weighted by Crippen LogP contribution is -2.28. The van der Waals surface area contributed by atoms with E-state index < -0.39 is 0 Å². The number of aryl methyl sites for hydroxylation is 2. The maximum atomic E-state index is 12.3. The van der Waals surface area contributed by atoms with E-state index in [9.17, 15) is 4.79 Å². The van der Waals surface area contributed by atoms with E-state index in [0.717, 1.165) is 25.1 Å². The molecule has 0 spiro atoms. The fraction of sp³-hybridized carbons (Fsp3) is 0.500. The smallest absolute Gasteiger partial charge is 0.253 e. The van der Waals surface area contributed by atoms with Crippen molar-refractivity contribution in [2.75, 3.05) is 19.0 Å². The Hall–Kier alpha value is -1.02. The Bertz CT molecular complexity index is 430. The second kappa shape index (κ2) is 5.09. The second-order valence-electron chi connectivity index (χ2n) is 4.86. The van der Waals surface area contributed by atoms with E-state index in [1.807, 2.05) is 30.0 Å². The van der Waals surface area contributed by atoms with E-state index in [0.29, 0.717) is 11.8 Å². The molecule has 1 aliphatic rings. The van der Waals surface area contributed by atoms with Crippen molar-refractivity contribution in [3.05, 3.63) is 34.9 Å². The molecule has 0 bridgehead atoms. The molecule has 2 nitrogen and oxygen atoms in total. The highest BCUT2D eigenvalue weighted by atomic mass is 35.5. The minimum absolute atomic E-state index is 0.140. The van der Waals surface area contributed by atoms with Gasteiger partial charge in [-0.1, -0.05) is 6.07 Å². The predicted octanol–water partition coefficient (Wildman–Crippen LogP) is 3.00. The summed E-state index contributed by atoms with van der Waals surface area (Å²) in [7, 11) is 0. The maximum Gasteiger partial charge on any atom is 0.253 e. The minimum Gasteiger partial charge on any atom is -0.338 e. The highest BCUT2D eigenvalue weighted by Crippen LogP contribution is 2.20. The number of hydrogen-bond donors (Lipinski definition) is 0. The first kappa shape index (κ1) is 12.4. The molecular formula is C14H18ClNO. The number of amides is 1. The van der Waals surface area contributed by atoms with Gasteiger partial charge in [-0.05, 0) is 49.4 Å². The number of halogens is 1. The molecule has 1 atom stereocenters. The van der Waals surface area contributed by atoms with Crippen LogP contribution in [0.25, 0.3) is 0 Å². The molecule has 17 heavy (non-hydrogen) atoms. The Labute approximate surface area is 108 Å². The van der Waals surface area contributed by atoms with E-state index in [1.54, 1.807) is 0 Å². The Morgan fingerprint density at radius 1 is 1.41 bits per heavy atom. The third kappa shape index (κ3) is 2.63. The SMILES string of the molecule is Cc1ccc(C(=O)N2CCC(CCl)C2)cc1C. The van der Waals surface area contributed by atoms with Crippen LogP contribution in [0.4, 0.5) is 0 Å². The topological polar surface area (TPSA) is 20.3 Å². The molecule has 1 saturated heterocycles. The normalized spacial score (nSPS) is 19.7. The number of carbonyl (C=O) groups excluding carboxylic acids is 1. The van der Waals surface area contributed by atoms with Gasteiger partial charge in [-0.15, -0.1) is 11.6 Å². The number of nitrogens with zero attached hydrogens (tertiary/aromatic N) is 1. The van der Waals surface area contributed by atoms with E-state index in [1.165, 1.54) is 11.1 Å². The Kier molecular flexibility index (Phi) is 3.72. The molecule has 0 aromatic heterocycles. The van der Waals surface area contributed by atoms with Crippen LogP contribution in [0.15, 0.2) is 18.2 Å². The molecular weight excluding hydrogens is 234 g/mol. The fourth-order valence-electron chi connectivity index (χ4n) is 2.20. The van der Waals surface area contributed by atoms with Crippen molar-refractivity contribution in [3.8, 4) is 0 Å². The summed E-state index contributed by atoms with van der Waals surface area (Å²) in [4.78, 5) is 14.2. The van der Waals surface area contributed by atoms with Gasteiger partial charge in [0.2, 0.25) is 0 Å². The van der Waals surface area contributed by atoms with Gasteiger partial charge in [-0.2, -0.15) is 0 Å². The van der Waals surface area contributed by atoms with E-state index in [4.69, 9.17) is 11.6 Å². The second-order valence-corrected chi connectivity index (χ2v) is 5.17. The van der Waals surface area contributed by atoms with Gasteiger partial charge < -0.3 is 4.90 Å². The predicted molar refractivity (Wildman–Crippen MR) is 70.6 cm³/mol. The van der Waals surface area contributed by atoms with Crippen LogP contribution in [0.5, 0.6) is 0 Å². The molecule has 0 saturated carbocycles. The van der Waals surface area contributed by atoms with E-state index in [-0.39, 0.29) is 5.91 Å². The zero-order valence-corrected chi connectivity index (χ0v) is 11.1. The average molecular weight is 252 g/mol. The quantitative estimate of drug-likeness (QED) is 0.740. The average Bonchev–Trinajstić information content (AvgIpc) is 2.80. The van der Waals surface area contributed by atoms with Crippen molar-refractivity contribution in [1.29, 1.82) is 0 Å². The third-order valence-electron chi connectivity index (χ3n) is 3.55. The maximum absolute atomic E-state index is 12.3. The van der Waals surface area contributed by atoms with Crippen molar-refractivity contribution in [1.82, 2.24) is 4.90 Å². The van der Waals surface area contributed by atoms with Crippen molar-refractivity contribution in [2.45, 2.75) is 20.3 Å². The molecule has 1 amide bonds. The highest BCUT2D eigenvalue weighted by Gasteiger charge is 2.26. The number of benzene rings is 1. The van der Waals surface area contributed by atoms with Crippen LogP contribution in [0.2, 0.25) is 0 Å². The summed E-state index contributed by atoms with van der Waals surface area (Å²) in [6, 6.07) is 5.90. The lowest BCUT2D eigenvalue weighted by atomic mass is 10.1. The summed E-state index contributed by atoms with van der Waals surface area (Å²) < 4.78 is 0. The molecule has 0 aliphatic carbocycles. The van der Waals surface area contributed by atoms with Gasteiger partial charge in [0.05, 0.1) is 0 Å². The van der Waals surface area contributed by atoms with Crippen molar-refractivity contribution < 1.29 is 4.79 Å². The fourth-order valence-corrected chi connectivity index (χ4v) is 2.45. The molecule has 2 rings (SSSR count). The standard InChI is InChI=1S/C14H18ClNO/c1-10-3-4-13(7-11(10)2)14(17)16-6-5-12(8-15)9-16/h3-4,7,12H,5-6,8-9H2,1-2H3. The summed E-state index contributed by atoms with van der Waals surface area (Å²) in [5, 5.41) is 0. The molecule has 0 radical (unpaired) electrons. The number of rotatable bonds is 2. The minimum atomic E-state index is 0.140. The van der Waals surface area contributed by atoms with Gasteiger partial charge >= 0.3 is 0 Å². The molecule has 1 unspecified atom stereocenters. The van der Waals surface area contributed by atoms with Crippen LogP contribution in [-0.2, 0) is 0 Å². The summed E-state index contributed by atoms with van der Waals surface area (Å²) >= 11 is 5.83. The van der Waals surface area contributed by atoms with E-state index in [2.05, 4.69) is 6.92 Å². The molecule has 3 heteroatoms. The van der Waals surface area contributed by atoms with Crippen LogP contribution in [-0.4, -0.2) is 29.8 Å². The number of hydrogen-bond acceptors (Lipinski definition) is 1. The monoisotopic (exact) mass is 251 g/mol. The largest absolute Gasteiger partial charge is 0.338 e. The van der Waals surface area contributed by atoms with Crippen LogP contribution in [0.1, 0.15) is 27.9 Å². The van der Waals surface area contributed by atoms with Gasteiger partial charge in [0.25, 0.3) is 5.91 Å². The lowest BCUT2D eigenvalue weighted by Gasteiger charge is -2.16. The Morgan fingerprint density at radius 3 is 2.76 bits per heavy atom. The van der Waals surface area contributed by atoms with Crippen molar-refractivity contribution >= 4 is 17.5 Å². The molecule has 1 heterocycles. The first-order chi connectivity index (χ1) is 8.11. The number of alkyl halides is 1. The summed E-state index contributed by atoms with van der Waals surface area (Å²) in [6.45, 7) is 5.74. The third-order valence-corrected chi connectivity index (χ3v) is 3.98. The van der Waals surface area contributed by atoms with Crippen molar-refractivity contribution in [3.63, 3.8) is 0 Å². The van der Waals surface area contributed by atoms with Gasteiger partial charge in [0.1, 0.15) is 0 Å². The van der Waals surface area contributed by atoms with Gasteiger partial charge in [-0.25, -0.2) is 0 Å². The molecule has 1 aromatic rings. The molecule has 92 valence electrons. The lowest BCUT2D eigenvalue weighted by molar-refractivity contribution is 0.0788. The van der Waals surface area contributed by atoms with E-state index >= 15 is 0 Å². The van der Waals surface area contributed by atoms with Crippen LogP contribution in [0, 0.1) is 19.8 Å². The molecule has 0 N–H and O–H groups in total. The summed E-state index contributed by atoms with van der Waals surface area (Å²) in [5.41, 5.74) is 3.19. The van der Waals surface area contributed by atoms with Gasteiger partial charge in [-0.3, -0.25) is 4.79 Å². The van der Waals surface area contributed by atoms with Gasteiger partial charge in [0, 0.05) is 24.5 Å². The van der Waals surface area contributed by atoms with Gasteiger partial charge in [0.15, 0.2) is 0 Å². The van der Waals surface area contributed by atoms with Crippen LogP contribution < -0.4 is 0 Å². The first-order valence-corrected chi connectivity index (χ1v) is 6.57.